The van der Waals surface area contributed by atoms with E-state index in [1.807, 2.05) is 18.3 Å². The average Bonchev–Trinajstić information content (AvgIpc) is 2.52. The summed E-state index contributed by atoms with van der Waals surface area (Å²) in [5.41, 5.74) is 3.47. The summed E-state index contributed by atoms with van der Waals surface area (Å²) in [6.07, 6.45) is 3.70. The van der Waals surface area contributed by atoms with Crippen molar-refractivity contribution >= 4 is 17.0 Å². The molecular weight excluding hydrogens is 148 g/mol. The van der Waals surface area contributed by atoms with Crippen LogP contribution in [-0.4, -0.2) is 10.2 Å². The number of aryl methyl sites for hydroxylation is 1. The van der Waals surface area contributed by atoms with Crippen LogP contribution in [0.5, 0.6) is 0 Å². The van der Waals surface area contributed by atoms with E-state index in [-0.39, 0.29) is 0 Å². The van der Waals surface area contributed by atoms with Gasteiger partial charge in [0.25, 0.3) is 0 Å². The SMILES string of the molecule is C=Cc1c(C)ccc2[nH]ncc12. The molecule has 0 aliphatic carbocycles. The Labute approximate surface area is 70.9 Å². The van der Waals surface area contributed by atoms with Gasteiger partial charge in [0.1, 0.15) is 0 Å². The van der Waals surface area contributed by atoms with Crippen LogP contribution in [0.4, 0.5) is 0 Å². The Bertz CT molecular complexity index is 426. The van der Waals surface area contributed by atoms with Gasteiger partial charge in [-0.05, 0) is 24.1 Å². The minimum atomic E-state index is 1.07. The third kappa shape index (κ3) is 0.848. The quantitative estimate of drug-likeness (QED) is 0.678. The number of H-pyrrole nitrogens is 1. The second-order valence-electron chi connectivity index (χ2n) is 2.83. The van der Waals surface area contributed by atoms with Gasteiger partial charge < -0.3 is 0 Å². The van der Waals surface area contributed by atoms with Crippen LogP contribution < -0.4 is 0 Å². The lowest BCUT2D eigenvalue weighted by atomic mass is 10.1. The molecule has 0 saturated carbocycles. The highest BCUT2D eigenvalue weighted by Crippen LogP contribution is 2.20. The number of hydrogen-bond donors (Lipinski definition) is 1. The predicted molar refractivity (Wildman–Crippen MR) is 50.9 cm³/mol. The van der Waals surface area contributed by atoms with Crippen LogP contribution in [0.25, 0.3) is 17.0 Å². The molecule has 2 nitrogen and oxygen atoms in total. The first-order valence-electron chi connectivity index (χ1n) is 3.88. The first-order valence-corrected chi connectivity index (χ1v) is 3.88. The summed E-state index contributed by atoms with van der Waals surface area (Å²) in [4.78, 5) is 0. The van der Waals surface area contributed by atoms with Gasteiger partial charge in [-0.25, -0.2) is 0 Å². The lowest BCUT2D eigenvalue weighted by Crippen LogP contribution is -1.80. The van der Waals surface area contributed by atoms with Gasteiger partial charge in [-0.15, -0.1) is 0 Å². The largest absolute Gasteiger partial charge is 0.278 e. The number of nitrogens with one attached hydrogen (secondary N) is 1. The van der Waals surface area contributed by atoms with Crippen LogP contribution in [0.15, 0.2) is 24.9 Å². The zero-order valence-electron chi connectivity index (χ0n) is 6.96. The first-order chi connectivity index (χ1) is 5.83. The maximum Gasteiger partial charge on any atom is 0.0656 e. The molecule has 2 aromatic rings. The van der Waals surface area contributed by atoms with E-state index in [0.717, 1.165) is 10.9 Å². The second-order valence-corrected chi connectivity index (χ2v) is 2.83. The first kappa shape index (κ1) is 7.10. The van der Waals surface area contributed by atoms with Crippen LogP contribution in [0, 0.1) is 6.92 Å². The molecule has 0 amide bonds. The van der Waals surface area contributed by atoms with E-state index in [1.54, 1.807) is 0 Å². The number of aromatic nitrogens is 2. The molecule has 1 aromatic carbocycles. The third-order valence-electron chi connectivity index (χ3n) is 2.09. The standard InChI is InChI=1S/C10H10N2/c1-3-8-7(2)4-5-10-9(8)6-11-12-10/h3-6H,1H2,2H3,(H,11,12). The van der Waals surface area contributed by atoms with E-state index in [0.29, 0.717) is 0 Å². The molecule has 0 bridgehead atoms. The maximum atomic E-state index is 3.98. The van der Waals surface area contributed by atoms with E-state index in [9.17, 15) is 0 Å². The van der Waals surface area contributed by atoms with E-state index in [1.165, 1.54) is 11.1 Å². The van der Waals surface area contributed by atoms with Crippen molar-refractivity contribution in [3.63, 3.8) is 0 Å². The molecule has 1 N–H and O–H groups in total. The smallest absolute Gasteiger partial charge is 0.0656 e. The van der Waals surface area contributed by atoms with Gasteiger partial charge in [0.2, 0.25) is 0 Å². The average molecular weight is 158 g/mol. The molecule has 0 saturated heterocycles. The highest BCUT2D eigenvalue weighted by Gasteiger charge is 2.01. The number of aromatic amines is 1. The highest BCUT2D eigenvalue weighted by atomic mass is 15.1. The highest BCUT2D eigenvalue weighted by molar-refractivity contribution is 5.88. The summed E-state index contributed by atoms with van der Waals surface area (Å²) >= 11 is 0. The number of nitrogens with zero attached hydrogens (tertiary/aromatic N) is 1. The number of hydrogen-bond acceptors (Lipinski definition) is 1. The topological polar surface area (TPSA) is 28.7 Å². The summed E-state index contributed by atoms with van der Waals surface area (Å²) in [7, 11) is 0. The fourth-order valence-corrected chi connectivity index (χ4v) is 1.42. The Morgan fingerprint density at radius 2 is 2.33 bits per heavy atom. The summed E-state index contributed by atoms with van der Waals surface area (Å²) in [6.45, 7) is 5.85. The second kappa shape index (κ2) is 2.48. The fourth-order valence-electron chi connectivity index (χ4n) is 1.42. The van der Waals surface area contributed by atoms with Gasteiger partial charge in [-0.1, -0.05) is 18.7 Å². The molecule has 12 heavy (non-hydrogen) atoms. The van der Waals surface area contributed by atoms with Crippen LogP contribution in [0.1, 0.15) is 11.1 Å². The van der Waals surface area contributed by atoms with Crippen LogP contribution in [0.2, 0.25) is 0 Å². The van der Waals surface area contributed by atoms with Crippen molar-refractivity contribution in [3.8, 4) is 0 Å². The van der Waals surface area contributed by atoms with Gasteiger partial charge in [0, 0.05) is 5.39 Å². The molecule has 60 valence electrons. The molecule has 0 unspecified atom stereocenters. The Balaban J connectivity index is 2.91. The summed E-state index contributed by atoms with van der Waals surface area (Å²) in [6, 6.07) is 4.10. The molecule has 0 aliphatic rings. The van der Waals surface area contributed by atoms with Gasteiger partial charge >= 0.3 is 0 Å². The molecule has 2 rings (SSSR count). The molecule has 1 aromatic heterocycles. The lowest BCUT2D eigenvalue weighted by molar-refractivity contribution is 1.12. The van der Waals surface area contributed by atoms with Gasteiger partial charge in [0.15, 0.2) is 0 Å². The van der Waals surface area contributed by atoms with Crippen LogP contribution in [-0.2, 0) is 0 Å². The zero-order chi connectivity index (χ0) is 8.55. The van der Waals surface area contributed by atoms with E-state index in [4.69, 9.17) is 0 Å². The van der Waals surface area contributed by atoms with Crippen LogP contribution in [0.3, 0.4) is 0 Å². The summed E-state index contributed by atoms with van der Waals surface area (Å²) < 4.78 is 0. The monoisotopic (exact) mass is 158 g/mol. The Morgan fingerprint density at radius 3 is 3.08 bits per heavy atom. The third-order valence-corrected chi connectivity index (χ3v) is 2.09. The molecule has 0 atom stereocenters. The van der Waals surface area contributed by atoms with Gasteiger partial charge in [0.05, 0.1) is 11.7 Å². The molecular formula is C10H10N2. The number of fused-ring (bicyclic) bond motifs is 1. The molecule has 0 aliphatic heterocycles. The minimum absolute atomic E-state index is 1.07. The Morgan fingerprint density at radius 1 is 1.50 bits per heavy atom. The number of benzene rings is 1. The Hall–Kier alpha value is -1.57. The van der Waals surface area contributed by atoms with Gasteiger partial charge in [-0.2, -0.15) is 5.10 Å². The molecule has 0 fully saturated rings. The zero-order valence-corrected chi connectivity index (χ0v) is 6.96. The van der Waals surface area contributed by atoms with Crippen molar-refractivity contribution in [2.45, 2.75) is 6.92 Å². The normalized spacial score (nSPS) is 10.4. The minimum Gasteiger partial charge on any atom is -0.278 e. The summed E-state index contributed by atoms with van der Waals surface area (Å²) in [5, 5.41) is 8.05. The van der Waals surface area contributed by atoms with E-state index in [2.05, 4.69) is 29.8 Å². The summed E-state index contributed by atoms with van der Waals surface area (Å²) in [5.74, 6) is 0. The van der Waals surface area contributed by atoms with Crippen molar-refractivity contribution < 1.29 is 0 Å². The van der Waals surface area contributed by atoms with Crippen molar-refractivity contribution in [1.82, 2.24) is 10.2 Å². The van der Waals surface area contributed by atoms with E-state index >= 15 is 0 Å². The van der Waals surface area contributed by atoms with Crippen molar-refractivity contribution in [2.24, 2.45) is 0 Å². The maximum absolute atomic E-state index is 3.98. The number of rotatable bonds is 1. The van der Waals surface area contributed by atoms with Crippen LogP contribution >= 0.6 is 0 Å². The molecule has 0 radical (unpaired) electrons. The van der Waals surface area contributed by atoms with Crippen molar-refractivity contribution in [1.29, 1.82) is 0 Å². The van der Waals surface area contributed by atoms with Crippen molar-refractivity contribution in [3.05, 3.63) is 36.0 Å². The van der Waals surface area contributed by atoms with E-state index < -0.39 is 0 Å². The fraction of sp³-hybridized carbons (Fsp3) is 0.100. The predicted octanol–water partition coefficient (Wildman–Crippen LogP) is 2.51. The lowest BCUT2D eigenvalue weighted by Gasteiger charge is -1.99. The van der Waals surface area contributed by atoms with Crippen molar-refractivity contribution in [2.75, 3.05) is 0 Å². The molecule has 2 heteroatoms. The molecule has 0 spiro atoms. The van der Waals surface area contributed by atoms with Gasteiger partial charge in [-0.3, -0.25) is 5.10 Å². The Kier molecular flexibility index (Phi) is 1.47. The molecule has 1 heterocycles.